The molecule has 1 heterocycles. The molecule has 0 aromatic carbocycles. The number of hydrogen-bond donors (Lipinski definition) is 2. The second-order valence-electron chi connectivity index (χ2n) is 11.7. The van der Waals surface area contributed by atoms with Gasteiger partial charge in [0, 0.05) is 22.5 Å². The van der Waals surface area contributed by atoms with Crippen molar-refractivity contribution in [3.8, 4) is 0 Å². The Bertz CT molecular complexity index is 957. The first-order valence-electron chi connectivity index (χ1n) is 11.6. The van der Waals surface area contributed by atoms with Crippen LogP contribution in [0.15, 0.2) is 35.5 Å². The van der Waals surface area contributed by atoms with E-state index in [4.69, 9.17) is 4.74 Å². The second-order valence-corrected chi connectivity index (χ2v) is 11.7. The van der Waals surface area contributed by atoms with Gasteiger partial charge in [-0.1, -0.05) is 52.3 Å². The van der Waals surface area contributed by atoms with E-state index < -0.39 is 29.2 Å². The summed E-state index contributed by atoms with van der Waals surface area (Å²) < 4.78 is 4.99. The number of hydrogen-bond acceptors (Lipinski definition) is 5. The van der Waals surface area contributed by atoms with Gasteiger partial charge in [0.05, 0.1) is 6.10 Å². The van der Waals surface area contributed by atoms with Crippen LogP contribution in [0, 0.1) is 39.4 Å². The maximum absolute atomic E-state index is 12.7. The molecule has 31 heavy (non-hydrogen) atoms. The van der Waals surface area contributed by atoms with Crippen molar-refractivity contribution in [3.63, 3.8) is 0 Å². The predicted molar refractivity (Wildman–Crippen MR) is 115 cm³/mol. The van der Waals surface area contributed by atoms with Crippen LogP contribution in [0.3, 0.4) is 0 Å². The third-order valence-electron chi connectivity index (χ3n) is 10.2. The fourth-order valence-corrected chi connectivity index (χ4v) is 8.47. The summed E-state index contributed by atoms with van der Waals surface area (Å²) in [5.74, 6) is -0.0153. The highest BCUT2D eigenvalue weighted by Gasteiger charge is 2.67. The molecule has 8 atom stereocenters. The van der Waals surface area contributed by atoms with E-state index in [0.29, 0.717) is 12.0 Å². The quantitative estimate of drug-likeness (QED) is 0.493. The Balaban J connectivity index is 1.58. The van der Waals surface area contributed by atoms with Crippen LogP contribution in [-0.4, -0.2) is 34.4 Å². The minimum absolute atomic E-state index is 0.000582. The van der Waals surface area contributed by atoms with Crippen LogP contribution in [0.5, 0.6) is 0 Å². The molecule has 1 aliphatic heterocycles. The van der Waals surface area contributed by atoms with Gasteiger partial charge >= 0.3 is 5.97 Å². The molecule has 4 aliphatic carbocycles. The first kappa shape index (κ1) is 21.1. The van der Waals surface area contributed by atoms with Crippen molar-refractivity contribution in [2.75, 3.05) is 0 Å². The lowest BCUT2D eigenvalue weighted by atomic mass is 9.38. The maximum atomic E-state index is 12.7. The van der Waals surface area contributed by atoms with Crippen LogP contribution in [0.2, 0.25) is 0 Å². The SMILES string of the molecule is CC1(C)C(=O)C=C[C@]2(C)[C@H]3CC[C@]4(C)C(=CC[C@H]4C4=CC(=O)O[C@@H]4O)[C@]3(C)[C@H](O)C[C@@H]12. The standard InChI is InChI=1S/C26H34O5/c1-23(2)18-13-20(28)26(5)16-7-6-15(14-12-21(29)31-22(14)30)24(16,3)10-8-17(26)25(18,4)11-9-19(23)27/h7,9,11-12,15,17-18,20,22,28,30H,6,8,10,13H2,1-5H3/t15-,17+,18-,20+,22-,24-,25+,26-/m0/s1. The molecule has 0 radical (unpaired) electrons. The summed E-state index contributed by atoms with van der Waals surface area (Å²) in [6, 6.07) is 0. The molecular formula is C26H34O5. The zero-order chi connectivity index (χ0) is 22.6. The van der Waals surface area contributed by atoms with Crippen LogP contribution in [-0.2, 0) is 14.3 Å². The molecule has 0 unspecified atom stereocenters. The maximum Gasteiger partial charge on any atom is 0.333 e. The van der Waals surface area contributed by atoms with Gasteiger partial charge < -0.3 is 14.9 Å². The zero-order valence-corrected chi connectivity index (χ0v) is 19.1. The van der Waals surface area contributed by atoms with Crippen molar-refractivity contribution in [1.82, 2.24) is 0 Å². The Morgan fingerprint density at radius 3 is 2.42 bits per heavy atom. The molecule has 168 valence electrons. The third kappa shape index (κ3) is 2.45. The number of ketones is 1. The Morgan fingerprint density at radius 1 is 1.06 bits per heavy atom. The summed E-state index contributed by atoms with van der Waals surface area (Å²) in [4.78, 5) is 24.5. The molecule has 0 saturated heterocycles. The fourth-order valence-electron chi connectivity index (χ4n) is 8.47. The van der Waals surface area contributed by atoms with Gasteiger partial charge in [0.1, 0.15) is 0 Å². The first-order chi connectivity index (χ1) is 14.4. The second kappa shape index (κ2) is 6.20. The summed E-state index contributed by atoms with van der Waals surface area (Å²) in [6.07, 6.45) is 9.08. The van der Waals surface area contributed by atoms with Crippen LogP contribution in [0.4, 0.5) is 0 Å². The van der Waals surface area contributed by atoms with E-state index in [1.165, 1.54) is 11.6 Å². The first-order valence-corrected chi connectivity index (χ1v) is 11.6. The fraction of sp³-hybridized carbons (Fsp3) is 0.692. The Morgan fingerprint density at radius 2 is 1.77 bits per heavy atom. The van der Waals surface area contributed by atoms with E-state index in [9.17, 15) is 19.8 Å². The highest BCUT2D eigenvalue weighted by molar-refractivity contribution is 5.95. The van der Waals surface area contributed by atoms with Crippen LogP contribution in [0.1, 0.15) is 60.3 Å². The summed E-state index contributed by atoms with van der Waals surface area (Å²) >= 11 is 0. The summed E-state index contributed by atoms with van der Waals surface area (Å²) in [7, 11) is 0. The highest BCUT2D eigenvalue weighted by atomic mass is 16.6. The minimum atomic E-state index is -1.17. The molecule has 2 N–H and O–H groups in total. The lowest BCUT2D eigenvalue weighted by molar-refractivity contribution is -0.165. The van der Waals surface area contributed by atoms with Gasteiger partial charge in [0.2, 0.25) is 6.29 Å². The molecule has 0 aromatic rings. The van der Waals surface area contributed by atoms with Crippen molar-refractivity contribution in [1.29, 1.82) is 0 Å². The number of allylic oxidation sites excluding steroid dienone is 3. The molecule has 5 aliphatic rings. The molecule has 5 rings (SSSR count). The van der Waals surface area contributed by atoms with E-state index >= 15 is 0 Å². The largest absolute Gasteiger partial charge is 0.429 e. The normalized spacial score (nSPS) is 50.2. The van der Waals surface area contributed by atoms with Gasteiger partial charge in [0.15, 0.2) is 5.78 Å². The molecule has 0 bridgehead atoms. The minimum Gasteiger partial charge on any atom is -0.429 e. The average molecular weight is 427 g/mol. The van der Waals surface area contributed by atoms with Gasteiger partial charge in [-0.25, -0.2) is 4.79 Å². The molecule has 5 heteroatoms. The Labute approximate surface area is 184 Å². The predicted octanol–water partition coefficient (Wildman–Crippen LogP) is 3.71. The van der Waals surface area contributed by atoms with Gasteiger partial charge in [0.25, 0.3) is 0 Å². The summed E-state index contributed by atoms with van der Waals surface area (Å²) in [5.41, 5.74) is 0.610. The molecule has 5 nitrogen and oxygen atoms in total. The van der Waals surface area contributed by atoms with E-state index in [2.05, 4.69) is 32.9 Å². The van der Waals surface area contributed by atoms with Gasteiger partial charge in [-0.05, 0) is 60.3 Å². The average Bonchev–Trinajstić information content (AvgIpc) is 3.20. The van der Waals surface area contributed by atoms with Crippen LogP contribution < -0.4 is 0 Å². The van der Waals surface area contributed by atoms with Crippen LogP contribution >= 0.6 is 0 Å². The smallest absolute Gasteiger partial charge is 0.333 e. The summed E-state index contributed by atoms with van der Waals surface area (Å²) in [6.45, 7) is 10.8. The van der Waals surface area contributed by atoms with E-state index in [-0.39, 0.29) is 34.4 Å². The Hall–Kier alpha value is -1.72. The Kier molecular flexibility index (Phi) is 4.23. The van der Waals surface area contributed by atoms with Crippen molar-refractivity contribution in [2.45, 2.75) is 72.7 Å². The number of rotatable bonds is 1. The topological polar surface area (TPSA) is 83.8 Å². The molecule has 0 aromatic heterocycles. The lowest BCUT2D eigenvalue weighted by Gasteiger charge is -2.66. The molecular weight excluding hydrogens is 392 g/mol. The number of aliphatic hydroxyl groups is 2. The van der Waals surface area contributed by atoms with Crippen molar-refractivity contribution < 1.29 is 24.5 Å². The third-order valence-corrected chi connectivity index (χ3v) is 10.2. The van der Waals surface area contributed by atoms with E-state index in [1.54, 1.807) is 6.08 Å². The zero-order valence-electron chi connectivity index (χ0n) is 19.1. The van der Waals surface area contributed by atoms with E-state index in [1.807, 2.05) is 13.8 Å². The number of cyclic esters (lactones) is 1. The van der Waals surface area contributed by atoms with Gasteiger partial charge in [-0.15, -0.1) is 0 Å². The number of aliphatic hydroxyl groups excluding tert-OH is 2. The lowest BCUT2D eigenvalue weighted by Crippen LogP contribution is -2.63. The van der Waals surface area contributed by atoms with Gasteiger partial charge in [-0.2, -0.15) is 0 Å². The molecule has 0 spiro atoms. The number of fused-ring (bicyclic) bond motifs is 5. The number of ether oxygens (including phenoxy) is 1. The van der Waals surface area contributed by atoms with E-state index in [0.717, 1.165) is 19.3 Å². The molecule has 0 amide bonds. The molecule has 2 fully saturated rings. The van der Waals surface area contributed by atoms with Gasteiger partial charge in [-0.3, -0.25) is 4.79 Å². The van der Waals surface area contributed by atoms with Crippen molar-refractivity contribution in [2.24, 2.45) is 39.4 Å². The number of esters is 1. The van der Waals surface area contributed by atoms with Crippen LogP contribution in [0.25, 0.3) is 0 Å². The van der Waals surface area contributed by atoms with Crippen molar-refractivity contribution >= 4 is 11.8 Å². The number of carbonyl (C=O) groups excluding carboxylic acids is 2. The van der Waals surface area contributed by atoms with Crippen molar-refractivity contribution in [3.05, 3.63) is 35.5 Å². The summed E-state index contributed by atoms with van der Waals surface area (Å²) in [5, 5.41) is 21.9. The number of carbonyl (C=O) groups is 2. The molecule has 2 saturated carbocycles. The monoisotopic (exact) mass is 426 g/mol. The highest BCUT2D eigenvalue weighted by Crippen LogP contribution is 2.72.